The van der Waals surface area contributed by atoms with E-state index >= 15 is 0 Å². The van der Waals surface area contributed by atoms with Crippen LogP contribution >= 0.6 is 11.6 Å². The maximum Gasteiger partial charge on any atom is 0.320 e. The molecule has 1 aliphatic rings. The minimum atomic E-state index is -3.77. The number of nitrogens with one attached hydrogen (secondary N) is 1. The molecule has 212 valence electrons. The van der Waals surface area contributed by atoms with Gasteiger partial charge in [0.05, 0.1) is 24.3 Å². The van der Waals surface area contributed by atoms with E-state index in [9.17, 15) is 8.42 Å². The van der Waals surface area contributed by atoms with Gasteiger partial charge in [0.1, 0.15) is 18.2 Å². The highest BCUT2D eigenvalue weighted by Crippen LogP contribution is 2.23. The number of hydrogen-bond acceptors (Lipinski definition) is 10. The Kier molecular flexibility index (Phi) is 8.92. The summed E-state index contributed by atoms with van der Waals surface area (Å²) in [6.07, 6.45) is 3.21. The second kappa shape index (κ2) is 12.9. The Bertz CT molecular complexity index is 1580. The van der Waals surface area contributed by atoms with E-state index in [4.69, 9.17) is 21.1 Å². The molecule has 13 heteroatoms. The van der Waals surface area contributed by atoms with Crippen LogP contribution in [0.1, 0.15) is 11.1 Å². The van der Waals surface area contributed by atoms with Crippen molar-refractivity contribution in [3.05, 3.63) is 95.1 Å². The number of halogens is 1. The summed E-state index contributed by atoms with van der Waals surface area (Å²) >= 11 is 5.95. The first kappa shape index (κ1) is 28.3. The summed E-state index contributed by atoms with van der Waals surface area (Å²) < 4.78 is 38.6. The van der Waals surface area contributed by atoms with Crippen LogP contribution in [0, 0.1) is 0 Å². The van der Waals surface area contributed by atoms with E-state index < -0.39 is 10.0 Å². The first-order valence-electron chi connectivity index (χ1n) is 12.8. The smallest absolute Gasteiger partial charge is 0.320 e. The molecule has 0 aliphatic carbocycles. The van der Waals surface area contributed by atoms with Gasteiger partial charge in [-0.05, 0) is 47.5 Å². The molecular formula is C28H28ClN7O4S. The number of benzene rings is 2. The van der Waals surface area contributed by atoms with Crippen LogP contribution in [-0.4, -0.2) is 62.9 Å². The third-order valence-corrected chi connectivity index (χ3v) is 8.24. The molecule has 2 aromatic carbocycles. The number of aromatic nitrogens is 3. The zero-order chi connectivity index (χ0) is 28.7. The van der Waals surface area contributed by atoms with Gasteiger partial charge in [-0.1, -0.05) is 41.9 Å². The fourth-order valence-electron chi connectivity index (χ4n) is 3.94. The fourth-order valence-corrected chi connectivity index (χ4v) is 5.21. The van der Waals surface area contributed by atoms with Crippen LogP contribution in [0.3, 0.4) is 0 Å². The summed E-state index contributed by atoms with van der Waals surface area (Å²) in [6, 6.07) is 20.8. The van der Waals surface area contributed by atoms with Crippen molar-refractivity contribution in [2.75, 3.05) is 48.0 Å². The van der Waals surface area contributed by atoms with Gasteiger partial charge in [0.2, 0.25) is 0 Å². The maximum atomic E-state index is 13.0. The lowest BCUT2D eigenvalue weighted by molar-refractivity contribution is 0.122. The second-order valence-corrected chi connectivity index (χ2v) is 11.4. The average Bonchev–Trinajstić information content (AvgIpc) is 3.01. The predicted octanol–water partition coefficient (Wildman–Crippen LogP) is 4.21. The highest BCUT2D eigenvalue weighted by atomic mass is 35.5. The molecule has 5 rings (SSSR count). The Morgan fingerprint density at radius 1 is 1.07 bits per heavy atom. The number of sulfonamides is 1. The Balaban J connectivity index is 1.29. The van der Waals surface area contributed by atoms with Crippen LogP contribution in [-0.2, 0) is 21.4 Å². The van der Waals surface area contributed by atoms with Crippen molar-refractivity contribution in [1.82, 2.24) is 15.0 Å². The van der Waals surface area contributed by atoms with Gasteiger partial charge < -0.3 is 14.4 Å². The number of nitrogens with zero attached hydrogens (tertiary/aromatic N) is 6. The molecule has 0 amide bonds. The van der Waals surface area contributed by atoms with E-state index in [0.717, 1.165) is 15.4 Å². The van der Waals surface area contributed by atoms with Crippen molar-refractivity contribution >= 4 is 45.3 Å². The van der Waals surface area contributed by atoms with Crippen molar-refractivity contribution in [2.24, 2.45) is 5.10 Å². The topological polar surface area (TPSA) is 122 Å². The Labute approximate surface area is 243 Å². The number of hydrogen-bond donors (Lipinski definition) is 1. The number of anilines is 3. The largest absolute Gasteiger partial charge is 0.458 e. The van der Waals surface area contributed by atoms with Crippen LogP contribution < -0.4 is 19.4 Å². The maximum absolute atomic E-state index is 13.0. The van der Waals surface area contributed by atoms with Crippen LogP contribution in [0.5, 0.6) is 6.01 Å². The lowest BCUT2D eigenvalue weighted by Crippen LogP contribution is -2.36. The summed E-state index contributed by atoms with van der Waals surface area (Å²) in [5.74, 6) is 1.47. The van der Waals surface area contributed by atoms with Crippen molar-refractivity contribution in [2.45, 2.75) is 11.5 Å². The third-order valence-electron chi connectivity index (χ3n) is 6.21. The molecule has 1 N–H and O–H groups in total. The van der Waals surface area contributed by atoms with Gasteiger partial charge in [-0.2, -0.15) is 15.1 Å². The minimum Gasteiger partial charge on any atom is -0.458 e. The van der Waals surface area contributed by atoms with E-state index in [1.54, 1.807) is 60.9 Å². The van der Waals surface area contributed by atoms with E-state index in [1.807, 2.05) is 12.1 Å². The monoisotopic (exact) mass is 593 g/mol. The predicted molar refractivity (Wildman–Crippen MR) is 158 cm³/mol. The van der Waals surface area contributed by atoms with Crippen molar-refractivity contribution in [3.63, 3.8) is 0 Å². The molecule has 11 nitrogen and oxygen atoms in total. The van der Waals surface area contributed by atoms with Crippen molar-refractivity contribution < 1.29 is 17.9 Å². The lowest BCUT2D eigenvalue weighted by Gasteiger charge is -2.28. The molecule has 0 saturated carbocycles. The summed E-state index contributed by atoms with van der Waals surface area (Å²) in [7, 11) is -2.30. The molecule has 41 heavy (non-hydrogen) atoms. The van der Waals surface area contributed by atoms with Gasteiger partial charge in [0.25, 0.3) is 10.0 Å². The number of morpholine rings is 1. The van der Waals surface area contributed by atoms with Crippen molar-refractivity contribution in [3.8, 4) is 6.01 Å². The lowest BCUT2D eigenvalue weighted by atomic mass is 10.2. The highest BCUT2D eigenvalue weighted by Gasteiger charge is 2.22. The van der Waals surface area contributed by atoms with Crippen LogP contribution in [0.4, 0.5) is 17.5 Å². The first-order valence-corrected chi connectivity index (χ1v) is 14.6. The van der Waals surface area contributed by atoms with E-state index in [2.05, 4.69) is 30.4 Å². The molecule has 0 atom stereocenters. The highest BCUT2D eigenvalue weighted by molar-refractivity contribution is 7.92. The molecule has 4 aromatic rings. The third kappa shape index (κ3) is 7.28. The molecule has 1 fully saturated rings. The molecule has 2 aromatic heterocycles. The van der Waals surface area contributed by atoms with Crippen LogP contribution in [0.25, 0.3) is 0 Å². The van der Waals surface area contributed by atoms with Gasteiger partial charge in [-0.3, -0.25) is 9.73 Å². The quantitative estimate of drug-likeness (QED) is 0.213. The molecule has 3 heterocycles. The summed E-state index contributed by atoms with van der Waals surface area (Å²) in [4.78, 5) is 15.4. The summed E-state index contributed by atoms with van der Waals surface area (Å²) in [6.45, 7) is 2.71. The molecule has 0 bridgehead atoms. The zero-order valence-corrected chi connectivity index (χ0v) is 23.8. The van der Waals surface area contributed by atoms with Gasteiger partial charge >= 0.3 is 6.01 Å². The van der Waals surface area contributed by atoms with Gasteiger partial charge in [-0.15, -0.1) is 0 Å². The van der Waals surface area contributed by atoms with E-state index in [0.29, 0.717) is 48.8 Å². The normalized spacial score (nSPS) is 13.8. The average molecular weight is 594 g/mol. The van der Waals surface area contributed by atoms with Crippen LogP contribution in [0.2, 0.25) is 5.02 Å². The molecule has 1 aliphatic heterocycles. The number of ether oxygens (including phenoxy) is 2. The van der Waals surface area contributed by atoms with Crippen molar-refractivity contribution in [1.29, 1.82) is 0 Å². The van der Waals surface area contributed by atoms with Gasteiger partial charge in [0, 0.05) is 37.4 Å². The molecule has 1 saturated heterocycles. The molecule has 0 unspecified atom stereocenters. The minimum absolute atomic E-state index is 0.135. The van der Waals surface area contributed by atoms with E-state index in [-0.39, 0.29) is 17.5 Å². The Morgan fingerprint density at radius 2 is 1.83 bits per heavy atom. The molecular weight excluding hydrogens is 566 g/mol. The fraction of sp³-hybridized carbons (Fsp3) is 0.214. The second-order valence-electron chi connectivity index (χ2n) is 9.01. The summed E-state index contributed by atoms with van der Waals surface area (Å²) in [5.41, 5.74) is 4.57. The number of hydrazone groups is 1. The standard InChI is InChI=1S/C28H28ClN7O4S/c1-35(26-4-2-3-13-30-26)41(37,38)24-11-7-22(8-12-24)20-40-28-32-25(18-27(33-28)36-14-16-39-17-15-36)34-31-19-21-5-9-23(29)10-6-21/h2-13,18-19H,14-17,20H2,1H3,(H,32,33,34). The zero-order valence-electron chi connectivity index (χ0n) is 22.2. The van der Waals surface area contributed by atoms with Gasteiger partial charge in [-0.25, -0.2) is 13.4 Å². The van der Waals surface area contributed by atoms with E-state index in [1.165, 1.54) is 19.2 Å². The Hall–Kier alpha value is -4.26. The molecule has 0 radical (unpaired) electrons. The first-order chi connectivity index (χ1) is 19.9. The van der Waals surface area contributed by atoms with Crippen LogP contribution in [0.15, 0.2) is 89.0 Å². The SMILES string of the molecule is CN(c1ccccn1)S(=O)(=O)c1ccc(COc2nc(NN=Cc3ccc(Cl)cc3)cc(N3CCOCC3)n2)cc1. The summed E-state index contributed by atoms with van der Waals surface area (Å²) in [5, 5.41) is 4.93. The number of rotatable bonds is 10. The number of pyridine rings is 1. The molecule has 0 spiro atoms. The Morgan fingerprint density at radius 3 is 2.54 bits per heavy atom. The van der Waals surface area contributed by atoms with Gasteiger partial charge in [0.15, 0.2) is 5.82 Å².